The van der Waals surface area contributed by atoms with Crippen LogP contribution in [0.1, 0.15) is 18.4 Å². The van der Waals surface area contributed by atoms with Gasteiger partial charge in [0.15, 0.2) is 0 Å². The SMILES string of the molecule is CN(CCCOc1cccc(COP(N)(=O)N(CCCl)CCCl)c1)CCC(O)(OP(O)O)O[P+](=O)O. The molecule has 0 saturated carbocycles. The first-order valence-electron chi connectivity index (χ1n) is 10.7. The topological polar surface area (TPSA) is 184 Å². The zero-order chi connectivity index (χ0) is 27.2. The van der Waals surface area contributed by atoms with Gasteiger partial charge in [-0.3, -0.25) is 9.09 Å². The molecule has 13 nitrogen and oxygen atoms in total. The minimum absolute atomic E-state index is 0.00506. The van der Waals surface area contributed by atoms with Crippen molar-refractivity contribution >= 4 is 47.7 Å². The van der Waals surface area contributed by atoms with Gasteiger partial charge in [-0.1, -0.05) is 16.7 Å². The summed E-state index contributed by atoms with van der Waals surface area (Å²) >= 11 is 11.5. The molecule has 0 heterocycles. The third-order valence-corrected chi connectivity index (χ3v) is 7.52. The molecule has 0 aromatic heterocycles. The summed E-state index contributed by atoms with van der Waals surface area (Å²) in [7, 11) is -8.07. The molecule has 0 fully saturated rings. The Morgan fingerprint density at radius 3 is 2.44 bits per heavy atom. The maximum Gasteiger partial charge on any atom is 0.700 e. The summed E-state index contributed by atoms with van der Waals surface area (Å²) in [6.45, 7) is 1.59. The number of alkyl halides is 2. The number of rotatable bonds is 20. The Morgan fingerprint density at radius 2 is 1.86 bits per heavy atom. The fourth-order valence-corrected chi connectivity index (χ4v) is 5.60. The number of aliphatic hydroxyl groups is 1. The maximum absolute atomic E-state index is 12.7. The molecule has 18 heteroatoms. The third-order valence-electron chi connectivity index (χ3n) is 4.60. The lowest BCUT2D eigenvalue weighted by molar-refractivity contribution is -0.280. The van der Waals surface area contributed by atoms with E-state index < -0.39 is 30.5 Å². The first-order valence-corrected chi connectivity index (χ1v) is 15.7. The van der Waals surface area contributed by atoms with Crippen LogP contribution in [0.5, 0.6) is 5.75 Å². The van der Waals surface area contributed by atoms with Crippen molar-refractivity contribution in [2.45, 2.75) is 25.4 Å². The van der Waals surface area contributed by atoms with E-state index in [1.165, 1.54) is 4.67 Å². The Bertz CT molecular complexity index is 841. The van der Waals surface area contributed by atoms with E-state index in [-0.39, 0.29) is 44.4 Å². The molecule has 36 heavy (non-hydrogen) atoms. The Kier molecular flexibility index (Phi) is 16.5. The lowest BCUT2D eigenvalue weighted by Crippen LogP contribution is -2.36. The van der Waals surface area contributed by atoms with Gasteiger partial charge in [0.25, 0.3) is 0 Å². The average molecular weight is 615 g/mol. The van der Waals surface area contributed by atoms with Gasteiger partial charge in [-0.05, 0) is 31.2 Å². The molecule has 1 aromatic rings. The van der Waals surface area contributed by atoms with Crippen molar-refractivity contribution in [2.24, 2.45) is 5.50 Å². The minimum atomic E-state index is -3.56. The van der Waals surface area contributed by atoms with Crippen LogP contribution in [0.2, 0.25) is 0 Å². The summed E-state index contributed by atoms with van der Waals surface area (Å²) in [5.74, 6) is -1.56. The molecule has 0 aliphatic rings. The number of hydrogen-bond acceptors (Lipinski definition) is 10. The van der Waals surface area contributed by atoms with E-state index >= 15 is 0 Å². The Morgan fingerprint density at radius 1 is 1.19 bits per heavy atom. The first-order chi connectivity index (χ1) is 16.9. The van der Waals surface area contributed by atoms with Gasteiger partial charge in [0.1, 0.15) is 5.75 Å². The highest BCUT2D eigenvalue weighted by Gasteiger charge is 2.42. The molecule has 0 saturated heterocycles. The van der Waals surface area contributed by atoms with E-state index in [2.05, 4.69) is 9.05 Å². The van der Waals surface area contributed by atoms with Crippen molar-refractivity contribution in [2.75, 3.05) is 51.6 Å². The summed E-state index contributed by atoms with van der Waals surface area (Å²) in [6.07, 6.45) is 0.272. The second kappa shape index (κ2) is 17.5. The second-order valence-electron chi connectivity index (χ2n) is 7.46. The Balaban J connectivity index is 2.48. The molecule has 3 unspecified atom stereocenters. The summed E-state index contributed by atoms with van der Waals surface area (Å²) in [5, 5.41) is 10.0. The predicted octanol–water partition coefficient (Wildman–Crippen LogP) is 2.68. The van der Waals surface area contributed by atoms with Crippen molar-refractivity contribution in [3.63, 3.8) is 0 Å². The molecule has 0 aliphatic heterocycles. The Hall–Kier alpha value is -0.0400. The molecule has 0 aliphatic carbocycles. The van der Waals surface area contributed by atoms with E-state index in [1.54, 1.807) is 36.2 Å². The van der Waals surface area contributed by atoms with Crippen LogP contribution in [0, 0.1) is 0 Å². The van der Waals surface area contributed by atoms with Crippen LogP contribution in [-0.4, -0.2) is 86.9 Å². The zero-order valence-electron chi connectivity index (χ0n) is 19.7. The van der Waals surface area contributed by atoms with Crippen LogP contribution < -0.4 is 10.2 Å². The maximum atomic E-state index is 12.7. The van der Waals surface area contributed by atoms with Crippen molar-refractivity contribution in [1.29, 1.82) is 0 Å². The van der Waals surface area contributed by atoms with E-state index in [4.69, 9.17) is 52.6 Å². The molecule has 6 N–H and O–H groups in total. The molecule has 0 bridgehead atoms. The number of benzene rings is 1. The molecule has 0 spiro atoms. The molecule has 1 rings (SSSR count). The van der Waals surface area contributed by atoms with Crippen molar-refractivity contribution in [3.05, 3.63) is 29.8 Å². The fourth-order valence-electron chi connectivity index (χ4n) is 2.89. The van der Waals surface area contributed by atoms with Gasteiger partial charge in [0, 0.05) is 48.9 Å². The second-order valence-corrected chi connectivity index (χ2v) is 11.5. The number of ether oxygens (including phenoxy) is 1. The molecule has 0 amide bonds. The highest BCUT2D eigenvalue weighted by Crippen LogP contribution is 2.43. The van der Waals surface area contributed by atoms with Gasteiger partial charge in [-0.25, -0.2) is 10.2 Å². The molecule has 0 radical (unpaired) electrons. The van der Waals surface area contributed by atoms with Gasteiger partial charge in [0.05, 0.1) is 13.2 Å². The van der Waals surface area contributed by atoms with Crippen molar-refractivity contribution < 1.29 is 47.2 Å². The molecular weight excluding hydrogens is 582 g/mol. The largest absolute Gasteiger partial charge is 0.700 e. The van der Waals surface area contributed by atoms with E-state index in [0.717, 1.165) is 0 Å². The standard InChI is InChI=1S/C18H32Cl2N3O10P3/c1-22(10-6-18(24,32-34(25)26)33-35(27)28)9-3-13-30-17-5-2-4-16(14-17)15-31-36(21,29)23(11-7-19)12-8-20/h2,4-5,14,24-26H,3,6-13,15H2,1H3,(H2-,21,27,28,29)/p+1. The number of hydrogen-bond donors (Lipinski definition) is 5. The van der Waals surface area contributed by atoms with Gasteiger partial charge in [0.2, 0.25) is 0 Å². The molecule has 1 aromatic carbocycles. The monoisotopic (exact) mass is 614 g/mol. The van der Waals surface area contributed by atoms with E-state index in [1.807, 2.05) is 0 Å². The number of nitrogens with zero attached hydrogens (tertiary/aromatic N) is 2. The summed E-state index contributed by atoms with van der Waals surface area (Å²) in [5.41, 5.74) is 6.58. The third kappa shape index (κ3) is 14.2. The highest BCUT2D eigenvalue weighted by molar-refractivity contribution is 7.53. The van der Waals surface area contributed by atoms with Crippen LogP contribution in [0.3, 0.4) is 0 Å². The van der Waals surface area contributed by atoms with Gasteiger partial charge < -0.3 is 29.1 Å². The van der Waals surface area contributed by atoms with Crippen LogP contribution in [0.25, 0.3) is 0 Å². The lowest BCUT2D eigenvalue weighted by atomic mass is 10.2. The Labute approximate surface area is 222 Å². The fraction of sp³-hybridized carbons (Fsp3) is 0.667. The van der Waals surface area contributed by atoms with Gasteiger partial charge in [-0.15, -0.1) is 28.1 Å². The van der Waals surface area contributed by atoms with E-state index in [0.29, 0.717) is 30.9 Å². The molecule has 208 valence electrons. The predicted molar refractivity (Wildman–Crippen MR) is 137 cm³/mol. The summed E-state index contributed by atoms with van der Waals surface area (Å²) in [6, 6.07) is 7.05. The van der Waals surface area contributed by atoms with E-state index in [9.17, 15) is 14.2 Å². The smallest absolute Gasteiger partial charge is 0.494 e. The van der Waals surface area contributed by atoms with Crippen LogP contribution >= 0.6 is 47.7 Å². The van der Waals surface area contributed by atoms with Gasteiger partial charge in [-0.2, -0.15) is 0 Å². The van der Waals surface area contributed by atoms with Crippen LogP contribution in [0.4, 0.5) is 0 Å². The summed E-state index contributed by atoms with van der Waals surface area (Å²) in [4.78, 5) is 28.4. The molecular formula is C18H33Cl2N3O10P3+. The van der Waals surface area contributed by atoms with Gasteiger partial charge >= 0.3 is 30.5 Å². The number of halogens is 2. The summed E-state index contributed by atoms with van der Waals surface area (Å²) < 4.78 is 45.0. The van der Waals surface area contributed by atoms with Crippen molar-refractivity contribution in [3.8, 4) is 5.75 Å². The average Bonchev–Trinajstić information content (AvgIpc) is 2.78. The molecule has 3 atom stereocenters. The minimum Gasteiger partial charge on any atom is -0.494 e. The number of nitrogens with two attached hydrogens (primary N) is 1. The van der Waals surface area contributed by atoms with Crippen LogP contribution in [-0.2, 0) is 29.3 Å². The first kappa shape index (κ1) is 34.0. The highest BCUT2D eigenvalue weighted by atomic mass is 35.5. The quantitative estimate of drug-likeness (QED) is 0.0625. The van der Waals surface area contributed by atoms with Crippen molar-refractivity contribution in [1.82, 2.24) is 9.57 Å². The van der Waals surface area contributed by atoms with Crippen LogP contribution in [0.15, 0.2) is 24.3 Å². The lowest BCUT2D eigenvalue weighted by Gasteiger charge is -2.26. The normalized spacial score (nSPS) is 15.8. The zero-order valence-corrected chi connectivity index (χ0v) is 23.9.